The van der Waals surface area contributed by atoms with E-state index in [2.05, 4.69) is 81.9 Å². The van der Waals surface area contributed by atoms with Gasteiger partial charge in [-0.25, -0.2) is 0 Å². The molecule has 1 aliphatic heterocycles. The van der Waals surface area contributed by atoms with E-state index in [1.165, 1.54) is 16.8 Å². The summed E-state index contributed by atoms with van der Waals surface area (Å²) in [5, 5.41) is 4.48. The van der Waals surface area contributed by atoms with E-state index < -0.39 is 0 Å². The number of para-hydroxylation sites is 1. The number of hydrogen-bond donors (Lipinski definition) is 1. The van der Waals surface area contributed by atoms with Gasteiger partial charge >= 0.3 is 0 Å². The number of fused-ring (bicyclic) bond motifs is 3. The summed E-state index contributed by atoms with van der Waals surface area (Å²) >= 11 is 9.79. The number of aliphatic imine (C=N–C) groups is 1. The van der Waals surface area contributed by atoms with Gasteiger partial charge in [0.25, 0.3) is 0 Å². The Bertz CT molecular complexity index is 1570. The maximum Gasteiger partial charge on any atom is 0.175 e. The summed E-state index contributed by atoms with van der Waals surface area (Å²) in [5.74, 6) is 2.32. The van der Waals surface area contributed by atoms with Crippen LogP contribution in [0.25, 0.3) is 0 Å². The molecular formula is C34H30BrClN2O2. The van der Waals surface area contributed by atoms with Gasteiger partial charge in [0.1, 0.15) is 6.61 Å². The van der Waals surface area contributed by atoms with Crippen molar-refractivity contribution in [3.8, 4) is 11.5 Å². The molecule has 6 rings (SSSR count). The topological polar surface area (TPSA) is 42.8 Å². The highest BCUT2D eigenvalue weighted by Gasteiger charge is 2.37. The van der Waals surface area contributed by atoms with E-state index in [0.29, 0.717) is 41.6 Å². The molecule has 4 aromatic rings. The molecule has 0 amide bonds. The first-order valence-corrected chi connectivity index (χ1v) is 14.8. The van der Waals surface area contributed by atoms with E-state index in [4.69, 9.17) is 26.1 Å². The van der Waals surface area contributed by atoms with E-state index >= 15 is 0 Å². The lowest BCUT2D eigenvalue weighted by atomic mass is 9.77. The van der Waals surface area contributed by atoms with Gasteiger partial charge in [-0.1, -0.05) is 66.2 Å². The first kappa shape index (κ1) is 26.7. The second kappa shape index (κ2) is 11.9. The van der Waals surface area contributed by atoms with Gasteiger partial charge < -0.3 is 14.8 Å². The number of nitrogens with zero attached hydrogens (tertiary/aromatic N) is 1. The lowest BCUT2D eigenvalue weighted by Crippen LogP contribution is -2.28. The highest BCUT2D eigenvalue weighted by Crippen LogP contribution is 2.49. The summed E-state index contributed by atoms with van der Waals surface area (Å²) in [7, 11) is 0. The smallest absolute Gasteiger partial charge is 0.175 e. The van der Waals surface area contributed by atoms with Crippen LogP contribution in [0.15, 0.2) is 107 Å². The van der Waals surface area contributed by atoms with Crippen molar-refractivity contribution in [2.24, 2.45) is 10.9 Å². The third kappa shape index (κ3) is 5.67. The highest BCUT2D eigenvalue weighted by molar-refractivity contribution is 9.10. The zero-order valence-electron chi connectivity index (χ0n) is 22.2. The zero-order valence-corrected chi connectivity index (χ0v) is 24.5. The monoisotopic (exact) mass is 612 g/mol. The predicted molar refractivity (Wildman–Crippen MR) is 168 cm³/mol. The quantitative estimate of drug-likeness (QED) is 0.159. The molecule has 202 valence electrons. The van der Waals surface area contributed by atoms with Crippen molar-refractivity contribution in [2.45, 2.75) is 31.9 Å². The minimum Gasteiger partial charge on any atom is -0.490 e. The van der Waals surface area contributed by atoms with Gasteiger partial charge in [-0.05, 0) is 99.9 Å². The van der Waals surface area contributed by atoms with Crippen LogP contribution in [-0.4, -0.2) is 12.8 Å². The summed E-state index contributed by atoms with van der Waals surface area (Å²) in [6, 6.07) is 29.1. The van der Waals surface area contributed by atoms with Gasteiger partial charge in [-0.3, -0.25) is 4.99 Å². The Morgan fingerprint density at radius 3 is 2.67 bits per heavy atom. The molecule has 6 heteroatoms. The highest BCUT2D eigenvalue weighted by atomic mass is 79.9. The van der Waals surface area contributed by atoms with Gasteiger partial charge in [0.2, 0.25) is 0 Å². The average molecular weight is 614 g/mol. The zero-order chi connectivity index (χ0) is 27.5. The third-order valence-electron chi connectivity index (χ3n) is 7.49. The predicted octanol–water partition coefficient (Wildman–Crippen LogP) is 9.66. The molecule has 0 bridgehead atoms. The summed E-state index contributed by atoms with van der Waals surface area (Å²) in [4.78, 5) is 4.75. The summed E-state index contributed by atoms with van der Waals surface area (Å²) in [5.41, 5.74) is 6.73. The molecule has 0 spiro atoms. The molecule has 0 saturated heterocycles. The van der Waals surface area contributed by atoms with Crippen LogP contribution in [0.5, 0.6) is 11.5 Å². The Hall–Kier alpha value is -3.54. The lowest BCUT2D eigenvalue weighted by Gasteiger charge is -2.37. The summed E-state index contributed by atoms with van der Waals surface area (Å²) in [6.45, 7) is 2.87. The number of allylic oxidation sites excluding steroid dienone is 2. The number of halogens is 2. The molecule has 40 heavy (non-hydrogen) atoms. The second-order valence-corrected chi connectivity index (χ2v) is 11.4. The fraction of sp³-hybridized carbons (Fsp3) is 0.206. The number of nitrogens with one attached hydrogen (secondary N) is 1. The fourth-order valence-electron chi connectivity index (χ4n) is 5.64. The van der Waals surface area contributed by atoms with Crippen molar-refractivity contribution in [3.63, 3.8) is 0 Å². The molecule has 1 aliphatic carbocycles. The van der Waals surface area contributed by atoms with E-state index in [0.717, 1.165) is 27.7 Å². The average Bonchev–Trinajstić information content (AvgIpc) is 3.46. The number of hydrogen-bond acceptors (Lipinski definition) is 4. The second-order valence-electron chi connectivity index (χ2n) is 10.1. The van der Waals surface area contributed by atoms with Crippen molar-refractivity contribution >= 4 is 45.1 Å². The minimum absolute atomic E-state index is 0.275. The van der Waals surface area contributed by atoms with Gasteiger partial charge in [-0.2, -0.15) is 0 Å². The number of anilines is 1. The van der Waals surface area contributed by atoms with Crippen LogP contribution >= 0.6 is 27.5 Å². The molecule has 4 nitrogen and oxygen atoms in total. The molecule has 3 atom stereocenters. The summed E-state index contributed by atoms with van der Waals surface area (Å²) < 4.78 is 12.8. The van der Waals surface area contributed by atoms with Crippen LogP contribution in [0.3, 0.4) is 0 Å². The lowest BCUT2D eigenvalue weighted by molar-refractivity contribution is 0.267. The Morgan fingerprint density at radius 2 is 1.85 bits per heavy atom. The van der Waals surface area contributed by atoms with Gasteiger partial charge in [0, 0.05) is 22.8 Å². The molecule has 1 N–H and O–H groups in total. The van der Waals surface area contributed by atoms with E-state index in [9.17, 15) is 0 Å². The van der Waals surface area contributed by atoms with Crippen LogP contribution in [0.4, 0.5) is 11.4 Å². The largest absolute Gasteiger partial charge is 0.490 e. The van der Waals surface area contributed by atoms with Gasteiger partial charge in [0.15, 0.2) is 11.5 Å². The van der Waals surface area contributed by atoms with Crippen molar-refractivity contribution in [2.75, 3.05) is 11.9 Å². The molecule has 2 aliphatic rings. The first-order chi connectivity index (χ1) is 19.6. The number of benzene rings is 4. The van der Waals surface area contributed by atoms with E-state index in [1.807, 2.05) is 49.5 Å². The Kier molecular flexibility index (Phi) is 7.94. The van der Waals surface area contributed by atoms with Crippen molar-refractivity contribution < 1.29 is 9.47 Å². The maximum atomic E-state index is 6.12. The van der Waals surface area contributed by atoms with Crippen molar-refractivity contribution in [1.29, 1.82) is 0 Å². The standard InChI is InChI=1S/C34H30BrClN2O2/c1-2-39-32-19-23(18-30(35)34(32)40-21-22-7-5-8-25(36)17-22)20-37-26-15-13-24(14-16-26)33-29-11-6-10-27(29)28-9-3-4-12-31(28)38-33/h3-10,12-20,27,29,33,38H,2,11,21H2,1H3/t27-,29-,33+/m1/s1. The Morgan fingerprint density at radius 1 is 1.00 bits per heavy atom. The fourth-order valence-corrected chi connectivity index (χ4v) is 6.43. The van der Waals surface area contributed by atoms with Crippen LogP contribution in [0.1, 0.15) is 47.6 Å². The molecular weight excluding hydrogens is 584 g/mol. The van der Waals surface area contributed by atoms with Crippen LogP contribution in [-0.2, 0) is 6.61 Å². The third-order valence-corrected chi connectivity index (χ3v) is 8.31. The van der Waals surface area contributed by atoms with Gasteiger partial charge in [-0.15, -0.1) is 0 Å². The number of ether oxygens (including phenoxy) is 2. The SMILES string of the molecule is CCOc1cc(C=Nc2ccc([C@@H]3Nc4ccccc4[C@H]4C=CC[C@H]43)cc2)cc(Br)c1OCc1cccc(Cl)c1. The molecule has 0 aromatic heterocycles. The molecule has 0 fully saturated rings. The van der Waals surface area contributed by atoms with Crippen molar-refractivity contribution in [1.82, 2.24) is 0 Å². The molecule has 4 aromatic carbocycles. The molecule has 0 radical (unpaired) electrons. The summed E-state index contributed by atoms with van der Waals surface area (Å²) in [6.07, 6.45) is 7.65. The van der Waals surface area contributed by atoms with Crippen LogP contribution < -0.4 is 14.8 Å². The van der Waals surface area contributed by atoms with Crippen LogP contribution in [0, 0.1) is 5.92 Å². The van der Waals surface area contributed by atoms with Gasteiger partial charge in [0.05, 0.1) is 22.8 Å². The normalized spacial score (nSPS) is 19.2. The minimum atomic E-state index is 0.275. The number of rotatable bonds is 8. The molecule has 0 saturated carbocycles. The Balaban J connectivity index is 1.18. The first-order valence-electron chi connectivity index (χ1n) is 13.6. The van der Waals surface area contributed by atoms with Crippen molar-refractivity contribution in [3.05, 3.63) is 129 Å². The van der Waals surface area contributed by atoms with E-state index in [-0.39, 0.29) is 6.04 Å². The Labute approximate surface area is 248 Å². The maximum absolute atomic E-state index is 6.12. The molecule has 1 heterocycles. The van der Waals surface area contributed by atoms with Crippen LogP contribution in [0.2, 0.25) is 5.02 Å². The van der Waals surface area contributed by atoms with E-state index in [1.54, 1.807) is 0 Å². The molecule has 0 unspecified atom stereocenters.